The van der Waals surface area contributed by atoms with Gasteiger partial charge in [0, 0.05) is 23.9 Å². The summed E-state index contributed by atoms with van der Waals surface area (Å²) in [6, 6.07) is 12.8. The number of anilines is 1. The van der Waals surface area contributed by atoms with Gasteiger partial charge < -0.3 is 24.1 Å². The molecule has 0 saturated heterocycles. The van der Waals surface area contributed by atoms with E-state index < -0.39 is 0 Å². The summed E-state index contributed by atoms with van der Waals surface area (Å²) in [5.41, 5.74) is 2.11. The highest BCUT2D eigenvalue weighted by Gasteiger charge is 2.14. The summed E-state index contributed by atoms with van der Waals surface area (Å²) >= 11 is 0. The lowest BCUT2D eigenvalue weighted by Crippen LogP contribution is -2.13. The molecule has 1 aromatic heterocycles. The van der Waals surface area contributed by atoms with Crippen LogP contribution in [-0.4, -0.2) is 43.0 Å². The van der Waals surface area contributed by atoms with Crippen molar-refractivity contribution in [2.45, 2.75) is 20.3 Å². The molecule has 158 valence electrons. The molecular formula is C22H25N3O5. The summed E-state index contributed by atoms with van der Waals surface area (Å²) in [6.45, 7) is 5.26. The summed E-state index contributed by atoms with van der Waals surface area (Å²) in [5, 5.41) is 6.91. The fraction of sp³-hybridized carbons (Fsp3) is 0.318. The van der Waals surface area contributed by atoms with Crippen molar-refractivity contribution in [1.82, 2.24) is 10.1 Å². The molecule has 8 heteroatoms. The Hall–Kier alpha value is -3.39. The minimum absolute atomic E-state index is 0.124. The highest BCUT2D eigenvalue weighted by Crippen LogP contribution is 2.33. The molecule has 0 spiro atoms. The standard InChI is InChI=1S/C22H25N3O5/c1-4-28-18-10-9-16(14-19(18)29-5-2)22-24-21(25-30-22)15-7-6-8-17(13-15)23-20(26)11-12-27-3/h6-10,13-14H,4-5,11-12H2,1-3H3,(H,23,26). The average Bonchev–Trinajstić information content (AvgIpc) is 3.24. The van der Waals surface area contributed by atoms with Crippen molar-refractivity contribution in [3.05, 3.63) is 42.5 Å². The maximum Gasteiger partial charge on any atom is 0.258 e. The van der Waals surface area contributed by atoms with Gasteiger partial charge in [-0.3, -0.25) is 4.79 Å². The number of hydrogen-bond acceptors (Lipinski definition) is 7. The number of amides is 1. The molecule has 0 atom stereocenters. The number of nitrogens with one attached hydrogen (secondary N) is 1. The first-order valence-corrected chi connectivity index (χ1v) is 9.77. The minimum Gasteiger partial charge on any atom is -0.490 e. The Kier molecular flexibility index (Phi) is 7.40. The number of nitrogens with zero attached hydrogens (tertiary/aromatic N) is 2. The first-order chi connectivity index (χ1) is 14.6. The highest BCUT2D eigenvalue weighted by molar-refractivity contribution is 5.91. The van der Waals surface area contributed by atoms with E-state index in [2.05, 4.69) is 15.5 Å². The maximum absolute atomic E-state index is 11.9. The number of benzene rings is 2. The lowest BCUT2D eigenvalue weighted by Gasteiger charge is -2.11. The molecule has 0 aliphatic carbocycles. The summed E-state index contributed by atoms with van der Waals surface area (Å²) in [7, 11) is 1.56. The van der Waals surface area contributed by atoms with Crippen molar-refractivity contribution in [3.8, 4) is 34.3 Å². The molecule has 2 aromatic carbocycles. The number of ether oxygens (including phenoxy) is 3. The average molecular weight is 411 g/mol. The molecule has 0 unspecified atom stereocenters. The Bertz CT molecular complexity index is 986. The fourth-order valence-electron chi connectivity index (χ4n) is 2.80. The van der Waals surface area contributed by atoms with E-state index in [4.69, 9.17) is 18.7 Å². The van der Waals surface area contributed by atoms with Gasteiger partial charge in [-0.05, 0) is 44.2 Å². The predicted molar refractivity (Wildman–Crippen MR) is 113 cm³/mol. The van der Waals surface area contributed by atoms with Gasteiger partial charge in [0.15, 0.2) is 11.5 Å². The number of methoxy groups -OCH3 is 1. The molecule has 0 radical (unpaired) electrons. The van der Waals surface area contributed by atoms with E-state index in [9.17, 15) is 4.79 Å². The zero-order valence-corrected chi connectivity index (χ0v) is 17.3. The summed E-state index contributed by atoms with van der Waals surface area (Å²) in [5.74, 6) is 1.95. The van der Waals surface area contributed by atoms with Crippen LogP contribution >= 0.6 is 0 Å². The van der Waals surface area contributed by atoms with E-state index in [1.165, 1.54) is 0 Å². The summed E-state index contributed by atoms with van der Waals surface area (Å²) in [4.78, 5) is 16.4. The van der Waals surface area contributed by atoms with Gasteiger partial charge >= 0.3 is 0 Å². The van der Waals surface area contributed by atoms with Crippen LogP contribution in [-0.2, 0) is 9.53 Å². The lowest BCUT2D eigenvalue weighted by atomic mass is 10.1. The van der Waals surface area contributed by atoms with Crippen LogP contribution < -0.4 is 14.8 Å². The molecule has 3 aromatic rings. The van der Waals surface area contributed by atoms with Gasteiger partial charge in [-0.25, -0.2) is 0 Å². The van der Waals surface area contributed by atoms with Gasteiger partial charge in [-0.2, -0.15) is 4.98 Å². The van der Waals surface area contributed by atoms with Crippen molar-refractivity contribution in [3.63, 3.8) is 0 Å². The topological polar surface area (TPSA) is 95.7 Å². The number of rotatable bonds is 10. The molecule has 0 saturated carbocycles. The number of aromatic nitrogens is 2. The van der Waals surface area contributed by atoms with E-state index >= 15 is 0 Å². The molecule has 0 aliphatic heterocycles. The molecule has 1 N–H and O–H groups in total. The third kappa shape index (κ3) is 5.36. The number of carbonyl (C=O) groups is 1. The number of hydrogen-bond donors (Lipinski definition) is 1. The third-order valence-electron chi connectivity index (χ3n) is 4.15. The van der Waals surface area contributed by atoms with Crippen LogP contribution in [0, 0.1) is 0 Å². The van der Waals surface area contributed by atoms with Crippen molar-refractivity contribution in [2.75, 3.05) is 32.2 Å². The molecule has 1 heterocycles. The molecule has 30 heavy (non-hydrogen) atoms. The van der Waals surface area contributed by atoms with Gasteiger partial charge in [-0.1, -0.05) is 17.3 Å². The first kappa shape index (κ1) is 21.3. The second-order valence-corrected chi connectivity index (χ2v) is 6.32. The van der Waals surface area contributed by atoms with E-state index in [0.717, 1.165) is 11.1 Å². The van der Waals surface area contributed by atoms with E-state index in [-0.39, 0.29) is 12.3 Å². The second-order valence-electron chi connectivity index (χ2n) is 6.32. The highest BCUT2D eigenvalue weighted by atomic mass is 16.5. The zero-order chi connectivity index (χ0) is 21.3. The SMILES string of the molecule is CCOc1ccc(-c2nc(-c3cccc(NC(=O)CCOC)c3)no2)cc1OCC. The first-order valence-electron chi connectivity index (χ1n) is 9.77. The quantitative estimate of drug-likeness (QED) is 0.535. The Morgan fingerprint density at radius 3 is 2.60 bits per heavy atom. The van der Waals surface area contributed by atoms with Crippen molar-refractivity contribution in [1.29, 1.82) is 0 Å². The molecule has 8 nitrogen and oxygen atoms in total. The van der Waals surface area contributed by atoms with Gasteiger partial charge in [0.25, 0.3) is 5.89 Å². The van der Waals surface area contributed by atoms with Gasteiger partial charge in [0.1, 0.15) is 0 Å². The zero-order valence-electron chi connectivity index (χ0n) is 17.3. The molecule has 3 rings (SSSR count). The van der Waals surface area contributed by atoms with Crippen LogP contribution in [0.1, 0.15) is 20.3 Å². The summed E-state index contributed by atoms with van der Waals surface area (Å²) < 4.78 is 21.6. The van der Waals surface area contributed by atoms with Gasteiger partial charge in [0.2, 0.25) is 11.7 Å². The largest absolute Gasteiger partial charge is 0.490 e. The Balaban J connectivity index is 1.80. The minimum atomic E-state index is -0.124. The smallest absolute Gasteiger partial charge is 0.258 e. The number of carbonyl (C=O) groups excluding carboxylic acids is 1. The van der Waals surface area contributed by atoms with Crippen molar-refractivity contribution >= 4 is 11.6 Å². The van der Waals surface area contributed by atoms with Crippen LogP contribution in [0.5, 0.6) is 11.5 Å². The normalized spacial score (nSPS) is 10.6. The predicted octanol–water partition coefficient (Wildman–Crippen LogP) is 4.18. The van der Waals surface area contributed by atoms with Crippen LogP contribution in [0.25, 0.3) is 22.8 Å². The molecule has 0 fully saturated rings. The van der Waals surface area contributed by atoms with Gasteiger partial charge in [-0.15, -0.1) is 0 Å². The Labute approximate surface area is 175 Å². The van der Waals surface area contributed by atoms with Crippen molar-refractivity contribution in [2.24, 2.45) is 0 Å². The van der Waals surface area contributed by atoms with Crippen LogP contribution in [0.2, 0.25) is 0 Å². The van der Waals surface area contributed by atoms with Crippen LogP contribution in [0.4, 0.5) is 5.69 Å². The monoisotopic (exact) mass is 411 g/mol. The van der Waals surface area contributed by atoms with Crippen molar-refractivity contribution < 1.29 is 23.5 Å². The van der Waals surface area contributed by atoms with E-state index in [1.807, 2.05) is 44.2 Å². The molecular weight excluding hydrogens is 386 g/mol. The van der Waals surface area contributed by atoms with Crippen LogP contribution in [0.3, 0.4) is 0 Å². The molecule has 1 amide bonds. The third-order valence-corrected chi connectivity index (χ3v) is 4.15. The van der Waals surface area contributed by atoms with E-state index in [1.54, 1.807) is 19.2 Å². The van der Waals surface area contributed by atoms with Crippen LogP contribution in [0.15, 0.2) is 47.0 Å². The lowest BCUT2D eigenvalue weighted by molar-refractivity contribution is -0.117. The Morgan fingerprint density at radius 1 is 1.03 bits per heavy atom. The van der Waals surface area contributed by atoms with E-state index in [0.29, 0.717) is 48.7 Å². The molecule has 0 bridgehead atoms. The fourth-order valence-corrected chi connectivity index (χ4v) is 2.80. The summed E-state index contributed by atoms with van der Waals surface area (Å²) in [6.07, 6.45) is 0.285. The molecule has 0 aliphatic rings. The Morgan fingerprint density at radius 2 is 1.83 bits per heavy atom. The second kappa shape index (κ2) is 10.4. The van der Waals surface area contributed by atoms with Gasteiger partial charge in [0.05, 0.1) is 26.2 Å². The maximum atomic E-state index is 11.9.